The first-order valence-corrected chi connectivity index (χ1v) is 9.81. The minimum atomic E-state index is -0.254. The van der Waals surface area contributed by atoms with Gasteiger partial charge in [-0.1, -0.05) is 40.9 Å². The number of benzene rings is 2. The summed E-state index contributed by atoms with van der Waals surface area (Å²) < 4.78 is 13.6. The predicted octanol–water partition coefficient (Wildman–Crippen LogP) is 5.90. The van der Waals surface area contributed by atoms with E-state index < -0.39 is 0 Å². The molecule has 0 aliphatic heterocycles. The molecule has 2 aromatic carbocycles. The van der Waals surface area contributed by atoms with Gasteiger partial charge < -0.3 is 4.98 Å². The molecule has 5 heteroatoms. The van der Waals surface area contributed by atoms with Crippen LogP contribution in [0, 0.1) is 5.82 Å². The van der Waals surface area contributed by atoms with E-state index in [9.17, 15) is 4.39 Å². The van der Waals surface area contributed by atoms with E-state index in [-0.39, 0.29) is 5.82 Å². The first kappa shape index (κ1) is 16.5. The number of nitrogens with zero attached hydrogens (tertiary/aromatic N) is 2. The van der Waals surface area contributed by atoms with Crippen LogP contribution in [0.1, 0.15) is 31.2 Å². The van der Waals surface area contributed by atoms with Crippen molar-refractivity contribution >= 4 is 49.0 Å². The van der Waals surface area contributed by atoms with Crippen LogP contribution in [0.2, 0.25) is 0 Å². The average molecular weight is 400 g/mol. The van der Waals surface area contributed by atoms with Crippen molar-refractivity contribution in [2.24, 2.45) is 0 Å². The molecular weight excluding hydrogens is 381 g/mol. The normalized spacial score (nSPS) is 11.8. The Hall–Kier alpha value is -2.01. The van der Waals surface area contributed by atoms with Crippen molar-refractivity contribution in [2.45, 2.75) is 32.1 Å². The van der Waals surface area contributed by atoms with Crippen LogP contribution in [0.15, 0.2) is 36.4 Å². The van der Waals surface area contributed by atoms with E-state index in [1.807, 2.05) is 12.1 Å². The summed E-state index contributed by atoms with van der Waals surface area (Å²) >= 11 is 3.47. The van der Waals surface area contributed by atoms with Gasteiger partial charge in [-0.2, -0.15) is 0 Å². The van der Waals surface area contributed by atoms with Crippen molar-refractivity contribution in [1.29, 1.82) is 0 Å². The van der Waals surface area contributed by atoms with E-state index in [2.05, 4.69) is 27.0 Å². The highest BCUT2D eigenvalue weighted by Gasteiger charge is 2.11. The predicted molar refractivity (Wildman–Crippen MR) is 105 cm³/mol. The van der Waals surface area contributed by atoms with Gasteiger partial charge in [-0.15, -0.1) is 0 Å². The second kappa shape index (κ2) is 7.08. The highest BCUT2D eigenvalue weighted by Crippen LogP contribution is 2.27. The number of aromatic amines is 1. The number of aromatic nitrogens is 3. The summed E-state index contributed by atoms with van der Waals surface area (Å²) in [5, 5.41) is 1.86. The summed E-state index contributed by atoms with van der Waals surface area (Å²) in [5.41, 5.74) is 5.36. The molecule has 1 N–H and O–H groups in total. The number of rotatable bonds is 6. The van der Waals surface area contributed by atoms with Gasteiger partial charge in [-0.3, -0.25) is 0 Å². The minimum absolute atomic E-state index is 0.254. The van der Waals surface area contributed by atoms with Crippen LogP contribution in [-0.2, 0) is 6.42 Å². The van der Waals surface area contributed by atoms with Crippen LogP contribution in [0.5, 0.6) is 0 Å². The molecule has 2 heterocycles. The Morgan fingerprint density at radius 2 is 1.84 bits per heavy atom. The number of nitrogens with one attached hydrogen (secondary N) is 1. The molecule has 2 aromatic heterocycles. The molecule has 0 fully saturated rings. The molecule has 0 saturated heterocycles. The van der Waals surface area contributed by atoms with Gasteiger partial charge in [0.2, 0.25) is 0 Å². The fourth-order valence-corrected chi connectivity index (χ4v) is 3.72. The molecule has 0 bridgehead atoms. The number of hydrogen-bond donors (Lipinski definition) is 1. The largest absolute Gasteiger partial charge is 0.338 e. The molecule has 128 valence electrons. The maximum Gasteiger partial charge on any atom is 0.157 e. The molecule has 0 aliphatic carbocycles. The van der Waals surface area contributed by atoms with Crippen LogP contribution in [0.4, 0.5) is 4.39 Å². The summed E-state index contributed by atoms with van der Waals surface area (Å²) in [6.45, 7) is 0. The number of halogens is 2. The third-order valence-electron chi connectivity index (χ3n) is 4.60. The fraction of sp³-hybridized carbons (Fsp3) is 0.300. The van der Waals surface area contributed by atoms with Gasteiger partial charge in [0.1, 0.15) is 11.3 Å². The van der Waals surface area contributed by atoms with E-state index in [1.54, 1.807) is 6.07 Å². The smallest absolute Gasteiger partial charge is 0.157 e. The van der Waals surface area contributed by atoms with Crippen LogP contribution in [0.25, 0.3) is 33.1 Å². The van der Waals surface area contributed by atoms with E-state index in [4.69, 9.17) is 9.97 Å². The van der Waals surface area contributed by atoms with Crippen LogP contribution < -0.4 is 0 Å². The van der Waals surface area contributed by atoms with Crippen LogP contribution in [-0.4, -0.2) is 20.3 Å². The third-order valence-corrected chi connectivity index (χ3v) is 5.16. The lowest BCUT2D eigenvalue weighted by molar-refractivity contribution is 0.630. The lowest BCUT2D eigenvalue weighted by Gasteiger charge is -2.06. The molecular formula is C20H19BrFN3. The maximum absolute atomic E-state index is 13.6. The van der Waals surface area contributed by atoms with Crippen molar-refractivity contribution in [2.75, 3.05) is 5.33 Å². The second-order valence-corrected chi connectivity index (χ2v) is 7.17. The summed E-state index contributed by atoms with van der Waals surface area (Å²) in [7, 11) is 0. The number of para-hydroxylation sites is 1. The molecule has 3 nitrogen and oxygen atoms in total. The number of aryl methyl sites for hydroxylation is 1. The fourth-order valence-electron chi connectivity index (χ4n) is 3.32. The van der Waals surface area contributed by atoms with Gasteiger partial charge in [0.25, 0.3) is 0 Å². The molecule has 0 spiro atoms. The first-order chi connectivity index (χ1) is 12.3. The molecule has 4 aromatic rings. The summed E-state index contributed by atoms with van der Waals surface area (Å²) in [6.07, 6.45) is 5.82. The first-order valence-electron chi connectivity index (χ1n) is 8.69. The molecule has 0 amide bonds. The van der Waals surface area contributed by atoms with Crippen LogP contribution in [0.3, 0.4) is 0 Å². The van der Waals surface area contributed by atoms with Crippen molar-refractivity contribution in [3.05, 3.63) is 47.8 Å². The molecule has 0 radical (unpaired) electrons. The number of hydrogen-bond acceptors (Lipinski definition) is 2. The Kier molecular flexibility index (Phi) is 4.66. The highest BCUT2D eigenvalue weighted by atomic mass is 79.9. The Morgan fingerprint density at radius 1 is 0.960 bits per heavy atom. The monoisotopic (exact) mass is 399 g/mol. The van der Waals surface area contributed by atoms with Gasteiger partial charge in [-0.25, -0.2) is 14.4 Å². The van der Waals surface area contributed by atoms with E-state index in [0.717, 1.165) is 45.6 Å². The zero-order valence-electron chi connectivity index (χ0n) is 13.9. The average Bonchev–Trinajstić information content (AvgIpc) is 2.97. The molecule has 0 aliphatic rings. The van der Waals surface area contributed by atoms with Crippen molar-refractivity contribution < 1.29 is 4.39 Å². The lowest BCUT2D eigenvalue weighted by atomic mass is 10.0. The maximum atomic E-state index is 13.6. The van der Waals surface area contributed by atoms with Crippen molar-refractivity contribution in [1.82, 2.24) is 15.0 Å². The SMILES string of the molecule is Fc1ccc2[nH]c3nc4cccc(CCCCCCBr)c4nc3c2c1. The number of unbranched alkanes of at least 4 members (excludes halogenated alkanes) is 3. The Bertz CT molecular complexity index is 1040. The topological polar surface area (TPSA) is 41.6 Å². The Labute approximate surface area is 153 Å². The Morgan fingerprint density at radius 3 is 2.72 bits per heavy atom. The minimum Gasteiger partial charge on any atom is -0.338 e. The number of fused-ring (bicyclic) bond motifs is 4. The number of H-pyrrole nitrogens is 1. The molecule has 0 saturated carbocycles. The van der Waals surface area contributed by atoms with Gasteiger partial charge in [0, 0.05) is 16.2 Å². The van der Waals surface area contributed by atoms with E-state index in [1.165, 1.54) is 37.0 Å². The van der Waals surface area contributed by atoms with Gasteiger partial charge in [0.15, 0.2) is 5.65 Å². The molecule has 0 atom stereocenters. The zero-order valence-corrected chi connectivity index (χ0v) is 15.4. The number of alkyl halides is 1. The standard InChI is InChI=1S/C20H19BrFN3/c21-11-4-2-1-3-6-13-7-5-8-17-18(13)25-19-15-12-14(22)9-10-16(15)23-20(19)24-17/h5,7-10,12H,1-4,6,11H2,(H,23,24). The quantitative estimate of drug-likeness (QED) is 0.323. The van der Waals surface area contributed by atoms with Crippen LogP contribution >= 0.6 is 15.9 Å². The van der Waals surface area contributed by atoms with Gasteiger partial charge in [-0.05, 0) is 49.1 Å². The third kappa shape index (κ3) is 3.25. The summed E-state index contributed by atoms with van der Waals surface area (Å²) in [5.74, 6) is -0.254. The highest BCUT2D eigenvalue weighted by molar-refractivity contribution is 9.09. The zero-order chi connectivity index (χ0) is 17.2. The Balaban J connectivity index is 1.75. The van der Waals surface area contributed by atoms with E-state index in [0.29, 0.717) is 5.65 Å². The molecule has 25 heavy (non-hydrogen) atoms. The van der Waals surface area contributed by atoms with Crippen molar-refractivity contribution in [3.63, 3.8) is 0 Å². The van der Waals surface area contributed by atoms with Crippen molar-refractivity contribution in [3.8, 4) is 0 Å². The van der Waals surface area contributed by atoms with Gasteiger partial charge >= 0.3 is 0 Å². The van der Waals surface area contributed by atoms with Gasteiger partial charge in [0.05, 0.1) is 11.0 Å². The molecule has 0 unspecified atom stereocenters. The molecule has 4 rings (SSSR count). The second-order valence-electron chi connectivity index (χ2n) is 6.37. The summed E-state index contributed by atoms with van der Waals surface area (Å²) in [6, 6.07) is 10.9. The summed E-state index contributed by atoms with van der Waals surface area (Å²) in [4.78, 5) is 12.8. The lowest BCUT2D eigenvalue weighted by Crippen LogP contribution is -1.93. The van der Waals surface area contributed by atoms with E-state index >= 15 is 0 Å².